The number of nitrogens with zero attached hydrogens (tertiary/aromatic N) is 2. The molecule has 98 valence electrons. The van der Waals surface area contributed by atoms with Gasteiger partial charge in [0, 0.05) is 18.5 Å². The fourth-order valence-corrected chi connectivity index (χ4v) is 2.72. The molecule has 0 aliphatic carbocycles. The number of hydrogen-bond acceptors (Lipinski definition) is 3. The monoisotopic (exact) mass is 254 g/mol. The molecule has 2 heterocycles. The third-order valence-corrected chi connectivity index (χ3v) is 3.83. The van der Waals surface area contributed by atoms with E-state index in [2.05, 4.69) is 30.0 Å². The Kier molecular flexibility index (Phi) is 3.20. The third kappa shape index (κ3) is 2.21. The van der Waals surface area contributed by atoms with Crippen molar-refractivity contribution in [3.8, 4) is 0 Å². The molecule has 1 fully saturated rings. The lowest BCUT2D eigenvalue weighted by atomic mass is 10.1. The van der Waals surface area contributed by atoms with Crippen molar-refractivity contribution >= 4 is 23.0 Å². The van der Waals surface area contributed by atoms with Crippen LogP contribution in [0.5, 0.6) is 0 Å². The SMILES string of the molecule is CCc1ccc2nc(N3CCCC3)c(C=O)cc2c1. The van der Waals surface area contributed by atoms with Gasteiger partial charge < -0.3 is 4.90 Å². The maximum atomic E-state index is 11.3. The maximum absolute atomic E-state index is 11.3. The van der Waals surface area contributed by atoms with Crippen molar-refractivity contribution < 1.29 is 4.79 Å². The van der Waals surface area contributed by atoms with Gasteiger partial charge in [0.15, 0.2) is 6.29 Å². The predicted octanol–water partition coefficient (Wildman–Crippen LogP) is 3.21. The number of anilines is 1. The second kappa shape index (κ2) is 5.00. The van der Waals surface area contributed by atoms with Crippen LogP contribution in [0.1, 0.15) is 35.7 Å². The lowest BCUT2D eigenvalue weighted by molar-refractivity contribution is 0.112. The number of fused-ring (bicyclic) bond motifs is 1. The van der Waals surface area contributed by atoms with Gasteiger partial charge in [-0.25, -0.2) is 4.98 Å². The Morgan fingerprint density at radius 3 is 2.74 bits per heavy atom. The summed E-state index contributed by atoms with van der Waals surface area (Å²) < 4.78 is 0. The average Bonchev–Trinajstić information content (AvgIpc) is 2.99. The zero-order valence-corrected chi connectivity index (χ0v) is 11.2. The number of carbonyl (C=O) groups is 1. The smallest absolute Gasteiger partial charge is 0.153 e. The number of carbonyl (C=O) groups excluding carboxylic acids is 1. The van der Waals surface area contributed by atoms with E-state index in [0.717, 1.165) is 42.5 Å². The van der Waals surface area contributed by atoms with E-state index < -0.39 is 0 Å². The number of rotatable bonds is 3. The Balaban J connectivity index is 2.14. The summed E-state index contributed by atoms with van der Waals surface area (Å²) in [6.45, 7) is 4.15. The van der Waals surface area contributed by atoms with Gasteiger partial charge in [-0.1, -0.05) is 13.0 Å². The number of hydrogen-bond donors (Lipinski definition) is 0. The van der Waals surface area contributed by atoms with Gasteiger partial charge in [-0.2, -0.15) is 0 Å². The highest BCUT2D eigenvalue weighted by atomic mass is 16.1. The van der Waals surface area contributed by atoms with Crippen molar-refractivity contribution in [1.82, 2.24) is 4.98 Å². The Hall–Kier alpha value is -1.90. The summed E-state index contributed by atoms with van der Waals surface area (Å²) >= 11 is 0. The van der Waals surface area contributed by atoms with E-state index in [1.807, 2.05) is 6.07 Å². The number of aldehydes is 1. The molecule has 1 aromatic carbocycles. The number of pyridine rings is 1. The predicted molar refractivity (Wildman–Crippen MR) is 78.0 cm³/mol. The third-order valence-electron chi connectivity index (χ3n) is 3.83. The van der Waals surface area contributed by atoms with E-state index in [0.29, 0.717) is 5.56 Å². The van der Waals surface area contributed by atoms with Gasteiger partial charge in [0.2, 0.25) is 0 Å². The Labute approximate surface area is 113 Å². The van der Waals surface area contributed by atoms with E-state index in [1.165, 1.54) is 18.4 Å². The molecular weight excluding hydrogens is 236 g/mol. The molecule has 0 unspecified atom stereocenters. The summed E-state index contributed by atoms with van der Waals surface area (Å²) in [4.78, 5) is 18.2. The van der Waals surface area contributed by atoms with Crippen LogP contribution in [0.2, 0.25) is 0 Å². The van der Waals surface area contributed by atoms with Crippen molar-refractivity contribution in [3.05, 3.63) is 35.4 Å². The van der Waals surface area contributed by atoms with Gasteiger partial charge in [0.1, 0.15) is 5.82 Å². The van der Waals surface area contributed by atoms with Crippen molar-refractivity contribution in [2.45, 2.75) is 26.2 Å². The first-order valence-corrected chi connectivity index (χ1v) is 6.95. The van der Waals surface area contributed by atoms with Crippen LogP contribution in [0.4, 0.5) is 5.82 Å². The Morgan fingerprint density at radius 2 is 2.05 bits per heavy atom. The minimum Gasteiger partial charge on any atom is -0.356 e. The van der Waals surface area contributed by atoms with E-state index in [4.69, 9.17) is 4.98 Å². The molecule has 3 rings (SSSR count). The number of aryl methyl sites for hydroxylation is 1. The molecule has 0 atom stereocenters. The molecule has 0 spiro atoms. The molecule has 1 aliphatic rings. The van der Waals surface area contributed by atoms with Gasteiger partial charge in [0.25, 0.3) is 0 Å². The second-order valence-electron chi connectivity index (χ2n) is 5.09. The zero-order valence-electron chi connectivity index (χ0n) is 11.2. The molecule has 3 nitrogen and oxygen atoms in total. The molecule has 1 saturated heterocycles. The van der Waals surface area contributed by atoms with Crippen molar-refractivity contribution in [1.29, 1.82) is 0 Å². The summed E-state index contributed by atoms with van der Waals surface area (Å²) in [5.74, 6) is 0.851. The minimum atomic E-state index is 0.711. The van der Waals surface area contributed by atoms with E-state index in [-0.39, 0.29) is 0 Å². The maximum Gasteiger partial charge on any atom is 0.153 e. The van der Waals surface area contributed by atoms with Crippen molar-refractivity contribution in [3.63, 3.8) is 0 Å². The summed E-state index contributed by atoms with van der Waals surface area (Å²) in [6, 6.07) is 8.28. The van der Waals surface area contributed by atoms with Crippen molar-refractivity contribution in [2.24, 2.45) is 0 Å². The van der Waals surface area contributed by atoms with Crippen molar-refractivity contribution in [2.75, 3.05) is 18.0 Å². The summed E-state index contributed by atoms with van der Waals surface area (Å²) in [5, 5.41) is 1.06. The number of aromatic nitrogens is 1. The molecule has 3 heteroatoms. The Morgan fingerprint density at radius 1 is 1.26 bits per heavy atom. The van der Waals surface area contributed by atoms with E-state index >= 15 is 0 Å². The summed E-state index contributed by atoms with van der Waals surface area (Å²) in [6.07, 6.45) is 4.30. The van der Waals surface area contributed by atoms with Gasteiger partial charge >= 0.3 is 0 Å². The van der Waals surface area contributed by atoms with E-state index in [9.17, 15) is 4.79 Å². The quantitative estimate of drug-likeness (QED) is 0.789. The lowest BCUT2D eigenvalue weighted by Crippen LogP contribution is -2.20. The zero-order chi connectivity index (χ0) is 13.2. The van der Waals surface area contributed by atoms with Crippen LogP contribution in [-0.4, -0.2) is 24.4 Å². The van der Waals surface area contributed by atoms with Gasteiger partial charge in [0.05, 0.1) is 11.1 Å². The van der Waals surface area contributed by atoms with Crippen LogP contribution in [0, 0.1) is 0 Å². The molecule has 0 N–H and O–H groups in total. The van der Waals surface area contributed by atoms with Gasteiger partial charge in [-0.05, 0) is 43.0 Å². The highest BCUT2D eigenvalue weighted by Gasteiger charge is 2.17. The second-order valence-corrected chi connectivity index (χ2v) is 5.09. The first kappa shape index (κ1) is 12.2. The highest BCUT2D eigenvalue weighted by molar-refractivity contribution is 5.92. The van der Waals surface area contributed by atoms with Crippen LogP contribution in [0.15, 0.2) is 24.3 Å². The van der Waals surface area contributed by atoms with Gasteiger partial charge in [-0.15, -0.1) is 0 Å². The normalized spacial score (nSPS) is 15.1. The number of benzene rings is 1. The molecule has 1 aromatic heterocycles. The van der Waals surface area contributed by atoms with E-state index in [1.54, 1.807) is 0 Å². The molecular formula is C16H18N2O. The summed E-state index contributed by atoms with van der Waals surface area (Å²) in [5.41, 5.74) is 2.97. The summed E-state index contributed by atoms with van der Waals surface area (Å²) in [7, 11) is 0. The highest BCUT2D eigenvalue weighted by Crippen LogP contribution is 2.26. The topological polar surface area (TPSA) is 33.2 Å². The minimum absolute atomic E-state index is 0.711. The average molecular weight is 254 g/mol. The molecule has 0 amide bonds. The molecule has 2 aromatic rings. The fourth-order valence-electron chi connectivity index (χ4n) is 2.72. The molecule has 1 aliphatic heterocycles. The van der Waals surface area contributed by atoms with Crippen LogP contribution in [0.25, 0.3) is 10.9 Å². The lowest BCUT2D eigenvalue weighted by Gasteiger charge is -2.18. The fraction of sp³-hybridized carbons (Fsp3) is 0.375. The van der Waals surface area contributed by atoms with Gasteiger partial charge in [-0.3, -0.25) is 4.79 Å². The largest absolute Gasteiger partial charge is 0.356 e. The first-order chi connectivity index (χ1) is 9.31. The van der Waals surface area contributed by atoms with Crippen LogP contribution in [-0.2, 0) is 6.42 Å². The standard InChI is InChI=1S/C16H18N2O/c1-2-12-5-6-15-13(9-12)10-14(11-19)16(17-15)18-7-3-4-8-18/h5-6,9-11H,2-4,7-8H2,1H3. The molecule has 0 bridgehead atoms. The molecule has 0 saturated carbocycles. The molecule has 0 radical (unpaired) electrons. The van der Waals surface area contributed by atoms with Crippen LogP contribution >= 0.6 is 0 Å². The van der Waals surface area contributed by atoms with Crippen LogP contribution < -0.4 is 4.90 Å². The molecule has 19 heavy (non-hydrogen) atoms. The van der Waals surface area contributed by atoms with Crippen LogP contribution in [0.3, 0.4) is 0 Å². The first-order valence-electron chi connectivity index (χ1n) is 6.95. The Bertz CT molecular complexity index is 615.